The van der Waals surface area contributed by atoms with Crippen LogP contribution in [0.25, 0.3) is 0 Å². The van der Waals surface area contributed by atoms with Crippen molar-refractivity contribution in [3.63, 3.8) is 0 Å². The van der Waals surface area contributed by atoms with E-state index in [1.165, 1.54) is 6.21 Å². The monoisotopic (exact) mass is 417 g/mol. The summed E-state index contributed by atoms with van der Waals surface area (Å²) in [6.07, 6.45) is 1.32. The number of oxime groups is 1. The van der Waals surface area contributed by atoms with Crippen LogP contribution in [0.5, 0.6) is 11.5 Å². The molecule has 0 heterocycles. The highest BCUT2D eigenvalue weighted by Gasteiger charge is 2.12. The van der Waals surface area contributed by atoms with Gasteiger partial charge in [-0.15, -0.1) is 0 Å². The molecule has 0 fully saturated rings. The van der Waals surface area contributed by atoms with Crippen molar-refractivity contribution in [2.75, 3.05) is 6.61 Å². The number of hydrogen-bond donors (Lipinski definition) is 1. The van der Waals surface area contributed by atoms with Crippen LogP contribution in [-0.4, -0.2) is 18.0 Å². The van der Waals surface area contributed by atoms with Crippen LogP contribution in [0.3, 0.4) is 0 Å². The minimum absolute atomic E-state index is 0.309. The van der Waals surface area contributed by atoms with Gasteiger partial charge in [0.1, 0.15) is 6.61 Å². The Hall–Kier alpha value is -1.43. The van der Waals surface area contributed by atoms with Gasteiger partial charge in [0, 0.05) is 5.56 Å². The molecule has 2 aromatic rings. The number of benzene rings is 2. The lowest BCUT2D eigenvalue weighted by Gasteiger charge is -2.15. The fourth-order valence-electron chi connectivity index (χ4n) is 1.92. The summed E-state index contributed by atoms with van der Waals surface area (Å²) in [5.74, 6) is 1.12. The molecule has 2 rings (SSSR count). The summed E-state index contributed by atoms with van der Waals surface area (Å²) >= 11 is 15.3. The molecule has 23 heavy (non-hydrogen) atoms. The van der Waals surface area contributed by atoms with Crippen LogP contribution in [0.1, 0.15) is 18.1 Å². The van der Waals surface area contributed by atoms with Gasteiger partial charge in [-0.1, -0.05) is 34.4 Å². The van der Waals surface area contributed by atoms with Crippen molar-refractivity contribution >= 4 is 45.3 Å². The van der Waals surface area contributed by atoms with Crippen LogP contribution in [0, 0.1) is 0 Å². The van der Waals surface area contributed by atoms with Gasteiger partial charge < -0.3 is 14.7 Å². The van der Waals surface area contributed by atoms with Gasteiger partial charge in [-0.3, -0.25) is 0 Å². The summed E-state index contributed by atoms with van der Waals surface area (Å²) in [5.41, 5.74) is 1.57. The summed E-state index contributed by atoms with van der Waals surface area (Å²) in [5, 5.41) is 12.7. The maximum atomic E-state index is 8.66. The molecule has 0 amide bonds. The predicted molar refractivity (Wildman–Crippen MR) is 95.5 cm³/mol. The Labute approximate surface area is 152 Å². The smallest absolute Gasteiger partial charge is 0.175 e. The van der Waals surface area contributed by atoms with Gasteiger partial charge in [0.25, 0.3) is 0 Å². The maximum absolute atomic E-state index is 8.66. The predicted octanol–water partition coefficient (Wildman–Crippen LogP) is 5.54. The van der Waals surface area contributed by atoms with Gasteiger partial charge in [0.05, 0.1) is 27.3 Å². The fourth-order valence-corrected chi connectivity index (χ4v) is 2.81. The lowest BCUT2D eigenvalue weighted by Crippen LogP contribution is -2.01. The van der Waals surface area contributed by atoms with Crippen molar-refractivity contribution in [3.05, 3.63) is 56.0 Å². The van der Waals surface area contributed by atoms with Crippen molar-refractivity contribution in [3.8, 4) is 11.5 Å². The Morgan fingerprint density at radius 2 is 1.96 bits per heavy atom. The first kappa shape index (κ1) is 17.9. The molecule has 0 saturated heterocycles. The Bertz CT molecular complexity index is 723. The Morgan fingerprint density at radius 3 is 2.61 bits per heavy atom. The van der Waals surface area contributed by atoms with Gasteiger partial charge in [-0.25, -0.2) is 0 Å². The molecular weight excluding hydrogens is 405 g/mol. The fraction of sp³-hybridized carbons (Fsp3) is 0.188. The van der Waals surface area contributed by atoms with Gasteiger partial charge in [-0.05, 0) is 52.7 Å². The second-order valence-corrected chi connectivity index (χ2v) is 6.21. The van der Waals surface area contributed by atoms with Crippen LogP contribution in [0.2, 0.25) is 10.0 Å². The second-order valence-electron chi connectivity index (χ2n) is 4.54. The number of halogens is 3. The molecule has 0 bridgehead atoms. The largest absolute Gasteiger partial charge is 0.490 e. The van der Waals surface area contributed by atoms with Crippen LogP contribution in [0.15, 0.2) is 40.0 Å². The van der Waals surface area contributed by atoms with Crippen molar-refractivity contribution in [1.29, 1.82) is 0 Å². The van der Waals surface area contributed by atoms with Crippen LogP contribution in [0.4, 0.5) is 0 Å². The molecule has 0 aliphatic carbocycles. The van der Waals surface area contributed by atoms with E-state index in [9.17, 15) is 0 Å². The third kappa shape index (κ3) is 4.77. The number of rotatable bonds is 6. The topological polar surface area (TPSA) is 51.0 Å². The summed E-state index contributed by atoms with van der Waals surface area (Å²) in [4.78, 5) is 0. The zero-order chi connectivity index (χ0) is 16.8. The highest BCUT2D eigenvalue weighted by molar-refractivity contribution is 9.10. The molecular formula is C16H14BrCl2NO3. The first-order chi connectivity index (χ1) is 11.0. The average Bonchev–Trinajstić information content (AvgIpc) is 2.50. The molecule has 0 atom stereocenters. The number of hydrogen-bond acceptors (Lipinski definition) is 4. The van der Waals surface area contributed by atoms with E-state index in [0.29, 0.717) is 44.8 Å². The Morgan fingerprint density at radius 1 is 1.17 bits per heavy atom. The summed E-state index contributed by atoms with van der Waals surface area (Å²) in [6, 6.07) is 8.83. The van der Waals surface area contributed by atoms with Crippen LogP contribution < -0.4 is 9.47 Å². The van der Waals surface area contributed by atoms with Gasteiger partial charge in [0.2, 0.25) is 0 Å². The zero-order valence-corrected chi connectivity index (χ0v) is 15.3. The SMILES string of the molecule is CCOc1cc(C=NO)cc(Br)c1OCc1ccc(Cl)c(Cl)c1. The van der Waals surface area contributed by atoms with Crippen LogP contribution in [-0.2, 0) is 6.61 Å². The molecule has 0 aliphatic rings. The van der Waals surface area contributed by atoms with E-state index in [0.717, 1.165) is 5.56 Å². The summed E-state index contributed by atoms with van der Waals surface area (Å²) in [6.45, 7) is 2.67. The lowest BCUT2D eigenvalue weighted by atomic mass is 10.2. The zero-order valence-electron chi connectivity index (χ0n) is 12.2. The van der Waals surface area contributed by atoms with E-state index in [4.69, 9.17) is 37.9 Å². The van der Waals surface area contributed by atoms with Crippen LogP contribution >= 0.6 is 39.1 Å². The molecule has 0 radical (unpaired) electrons. The Balaban J connectivity index is 2.25. The molecule has 7 heteroatoms. The van der Waals surface area contributed by atoms with Gasteiger partial charge >= 0.3 is 0 Å². The Kier molecular flexibility index (Phi) is 6.57. The minimum atomic E-state index is 0.309. The third-order valence-electron chi connectivity index (χ3n) is 2.91. The molecule has 122 valence electrons. The normalized spacial score (nSPS) is 11.0. The van der Waals surface area contributed by atoms with E-state index < -0.39 is 0 Å². The molecule has 0 unspecified atom stereocenters. The van der Waals surface area contributed by atoms with Gasteiger partial charge in [-0.2, -0.15) is 0 Å². The standard InChI is InChI=1S/C16H14BrCl2NO3/c1-2-22-15-7-11(8-20-21)5-12(17)16(15)23-9-10-3-4-13(18)14(19)6-10/h3-8,21H,2,9H2,1H3. The number of ether oxygens (including phenoxy) is 2. The van der Waals surface area contributed by atoms with Crippen molar-refractivity contribution in [2.45, 2.75) is 13.5 Å². The first-order valence-corrected chi connectivity index (χ1v) is 8.30. The quantitative estimate of drug-likeness (QED) is 0.380. The molecule has 2 aromatic carbocycles. The molecule has 0 saturated carbocycles. The van der Waals surface area contributed by atoms with E-state index in [-0.39, 0.29) is 0 Å². The number of nitrogens with zero attached hydrogens (tertiary/aromatic N) is 1. The maximum Gasteiger partial charge on any atom is 0.175 e. The van der Waals surface area contributed by atoms with Crippen molar-refractivity contribution < 1.29 is 14.7 Å². The molecule has 4 nitrogen and oxygen atoms in total. The third-order valence-corrected chi connectivity index (χ3v) is 4.23. The van der Waals surface area contributed by atoms with E-state index >= 15 is 0 Å². The highest BCUT2D eigenvalue weighted by atomic mass is 79.9. The van der Waals surface area contributed by atoms with E-state index in [2.05, 4.69) is 21.1 Å². The average molecular weight is 419 g/mol. The van der Waals surface area contributed by atoms with Crippen molar-refractivity contribution in [2.24, 2.45) is 5.16 Å². The summed E-state index contributed by atoms with van der Waals surface area (Å²) in [7, 11) is 0. The molecule has 0 aromatic heterocycles. The van der Waals surface area contributed by atoms with E-state index in [1.807, 2.05) is 13.0 Å². The first-order valence-electron chi connectivity index (χ1n) is 6.75. The molecule has 0 aliphatic heterocycles. The molecule has 1 N–H and O–H groups in total. The summed E-state index contributed by atoms with van der Waals surface area (Å²) < 4.78 is 12.1. The second kappa shape index (κ2) is 8.43. The van der Waals surface area contributed by atoms with E-state index in [1.54, 1.807) is 24.3 Å². The lowest BCUT2D eigenvalue weighted by molar-refractivity contribution is 0.267. The van der Waals surface area contributed by atoms with Gasteiger partial charge in [0.15, 0.2) is 11.5 Å². The van der Waals surface area contributed by atoms with Crippen molar-refractivity contribution in [1.82, 2.24) is 0 Å². The minimum Gasteiger partial charge on any atom is -0.490 e. The molecule has 0 spiro atoms. The highest BCUT2D eigenvalue weighted by Crippen LogP contribution is 2.37.